The minimum absolute atomic E-state index is 0.350. The van der Waals surface area contributed by atoms with Gasteiger partial charge < -0.3 is 0 Å². The van der Waals surface area contributed by atoms with Crippen molar-refractivity contribution in [1.82, 2.24) is 0 Å². The van der Waals surface area contributed by atoms with Gasteiger partial charge >= 0.3 is 0 Å². The van der Waals surface area contributed by atoms with Crippen LogP contribution in [0.25, 0.3) is 0 Å². The second kappa shape index (κ2) is 4.82. The maximum atomic E-state index is 11.6. The molecule has 0 aromatic heterocycles. The number of sulfone groups is 1. The van der Waals surface area contributed by atoms with Crippen molar-refractivity contribution < 1.29 is 8.42 Å². The molecular weight excluding hydrogens is 338 g/mol. The van der Waals surface area contributed by atoms with Gasteiger partial charge in [-0.25, -0.2) is 8.42 Å². The van der Waals surface area contributed by atoms with E-state index in [0.717, 1.165) is 27.0 Å². The molecule has 0 amide bonds. The first kappa shape index (κ1) is 13.5. The van der Waals surface area contributed by atoms with Crippen molar-refractivity contribution in [3.63, 3.8) is 0 Å². The normalized spacial score (nSPS) is 14.0. The van der Waals surface area contributed by atoms with E-state index in [1.165, 1.54) is 6.26 Å². The summed E-state index contributed by atoms with van der Waals surface area (Å²) < 4.78 is 24.2. The van der Waals surface area contributed by atoms with Crippen molar-refractivity contribution in [1.29, 1.82) is 0 Å². The summed E-state index contributed by atoms with van der Waals surface area (Å²) in [7, 11) is -3.17. The first-order valence-corrected chi connectivity index (χ1v) is 8.78. The average molecular weight is 350 g/mol. The van der Waals surface area contributed by atoms with Gasteiger partial charge in [-0.05, 0) is 41.5 Å². The Morgan fingerprint density at radius 3 is 2.45 bits per heavy atom. The highest BCUT2D eigenvalue weighted by Crippen LogP contribution is 2.31. The molecule has 0 fully saturated rings. The number of rotatable bonds is 2. The average Bonchev–Trinajstić information content (AvgIpc) is 2.81. The standard InChI is InChI=1S/C15H12BrNO2S/c1-20(18,19)13-6-7-14-11(8-13)9-15(17-14)10-2-4-12(16)5-3-10/h2-8H,9H2,1H3. The summed E-state index contributed by atoms with van der Waals surface area (Å²) in [5.41, 5.74) is 3.85. The van der Waals surface area contributed by atoms with Gasteiger partial charge in [0.2, 0.25) is 0 Å². The van der Waals surface area contributed by atoms with E-state index in [-0.39, 0.29) is 0 Å². The molecule has 2 aromatic carbocycles. The quantitative estimate of drug-likeness (QED) is 0.832. The van der Waals surface area contributed by atoms with Gasteiger partial charge in [0.05, 0.1) is 16.3 Å². The lowest BCUT2D eigenvalue weighted by Crippen LogP contribution is -2.01. The van der Waals surface area contributed by atoms with E-state index in [2.05, 4.69) is 20.9 Å². The van der Waals surface area contributed by atoms with Crippen molar-refractivity contribution in [2.75, 3.05) is 6.26 Å². The Hall–Kier alpha value is -1.46. The summed E-state index contributed by atoms with van der Waals surface area (Å²) in [5, 5.41) is 0. The van der Waals surface area contributed by atoms with Crippen LogP contribution in [0.2, 0.25) is 0 Å². The van der Waals surface area contributed by atoms with Gasteiger partial charge in [0.1, 0.15) is 0 Å². The van der Waals surface area contributed by atoms with Crippen molar-refractivity contribution in [2.45, 2.75) is 11.3 Å². The van der Waals surface area contributed by atoms with Crippen LogP contribution < -0.4 is 0 Å². The molecule has 0 spiro atoms. The highest BCUT2D eigenvalue weighted by atomic mass is 79.9. The smallest absolute Gasteiger partial charge is 0.175 e. The number of hydrogen-bond acceptors (Lipinski definition) is 3. The second-order valence-corrected chi connectivity index (χ2v) is 7.74. The van der Waals surface area contributed by atoms with Crippen LogP contribution in [0.1, 0.15) is 11.1 Å². The lowest BCUT2D eigenvalue weighted by atomic mass is 10.0. The number of halogens is 1. The molecule has 102 valence electrons. The van der Waals surface area contributed by atoms with E-state index in [4.69, 9.17) is 0 Å². The van der Waals surface area contributed by atoms with Gasteiger partial charge in [-0.3, -0.25) is 4.99 Å². The van der Waals surface area contributed by atoms with Crippen LogP contribution >= 0.6 is 15.9 Å². The van der Waals surface area contributed by atoms with E-state index in [9.17, 15) is 8.42 Å². The fraction of sp³-hybridized carbons (Fsp3) is 0.133. The summed E-state index contributed by atoms with van der Waals surface area (Å²) in [6, 6.07) is 13.1. The first-order chi connectivity index (χ1) is 9.43. The highest BCUT2D eigenvalue weighted by molar-refractivity contribution is 9.10. The fourth-order valence-corrected chi connectivity index (χ4v) is 3.15. The summed E-state index contributed by atoms with van der Waals surface area (Å²) in [6.45, 7) is 0. The largest absolute Gasteiger partial charge is 0.252 e. The molecule has 0 N–H and O–H groups in total. The van der Waals surface area contributed by atoms with Crippen molar-refractivity contribution in [3.8, 4) is 0 Å². The summed E-state index contributed by atoms with van der Waals surface area (Å²) >= 11 is 3.41. The maximum absolute atomic E-state index is 11.6. The molecule has 0 unspecified atom stereocenters. The fourth-order valence-electron chi connectivity index (χ4n) is 2.22. The Balaban J connectivity index is 1.96. The molecule has 0 bridgehead atoms. The zero-order valence-corrected chi connectivity index (χ0v) is 13.2. The first-order valence-electron chi connectivity index (χ1n) is 6.10. The number of benzene rings is 2. The molecule has 0 aliphatic carbocycles. The molecule has 0 saturated carbocycles. The predicted octanol–water partition coefficient (Wildman–Crippen LogP) is 3.53. The van der Waals surface area contributed by atoms with E-state index in [0.29, 0.717) is 11.3 Å². The maximum Gasteiger partial charge on any atom is 0.175 e. The van der Waals surface area contributed by atoms with E-state index in [1.54, 1.807) is 18.2 Å². The Labute approximate surface area is 126 Å². The highest BCUT2D eigenvalue weighted by Gasteiger charge is 2.18. The van der Waals surface area contributed by atoms with Crippen LogP contribution in [-0.2, 0) is 16.3 Å². The van der Waals surface area contributed by atoms with Crippen LogP contribution in [0.3, 0.4) is 0 Å². The summed E-state index contributed by atoms with van der Waals surface area (Å²) in [5.74, 6) is 0. The molecule has 1 aliphatic rings. The van der Waals surface area contributed by atoms with Crippen LogP contribution in [0.5, 0.6) is 0 Å². The van der Waals surface area contributed by atoms with Crippen LogP contribution in [0, 0.1) is 0 Å². The molecular formula is C15H12BrNO2S. The van der Waals surface area contributed by atoms with Crippen molar-refractivity contribution in [3.05, 3.63) is 58.1 Å². The molecule has 2 aromatic rings. The Bertz CT molecular complexity index is 808. The number of fused-ring (bicyclic) bond motifs is 1. The third-order valence-corrected chi connectivity index (χ3v) is 4.91. The number of hydrogen-bond donors (Lipinski definition) is 0. The molecule has 0 atom stereocenters. The zero-order chi connectivity index (χ0) is 14.3. The lowest BCUT2D eigenvalue weighted by molar-refractivity contribution is 0.602. The SMILES string of the molecule is CS(=O)(=O)c1ccc2c(c1)CC(c1ccc(Br)cc1)=N2. The minimum Gasteiger partial charge on any atom is -0.252 e. The molecule has 1 aliphatic heterocycles. The molecule has 1 heterocycles. The van der Waals surface area contributed by atoms with Crippen LogP contribution in [0.4, 0.5) is 5.69 Å². The number of nitrogens with zero attached hydrogens (tertiary/aromatic N) is 1. The zero-order valence-electron chi connectivity index (χ0n) is 10.8. The minimum atomic E-state index is -3.17. The lowest BCUT2D eigenvalue weighted by Gasteiger charge is -2.02. The molecule has 0 radical (unpaired) electrons. The van der Waals surface area contributed by atoms with Crippen LogP contribution in [0.15, 0.2) is 56.8 Å². The Morgan fingerprint density at radius 1 is 1.10 bits per heavy atom. The van der Waals surface area contributed by atoms with E-state index < -0.39 is 9.84 Å². The second-order valence-electron chi connectivity index (χ2n) is 4.80. The van der Waals surface area contributed by atoms with Gasteiger partial charge in [0.15, 0.2) is 9.84 Å². The third-order valence-electron chi connectivity index (χ3n) is 3.27. The molecule has 3 nitrogen and oxygen atoms in total. The Morgan fingerprint density at radius 2 is 1.80 bits per heavy atom. The van der Waals surface area contributed by atoms with Crippen molar-refractivity contribution in [2.24, 2.45) is 4.99 Å². The van der Waals surface area contributed by atoms with E-state index in [1.807, 2.05) is 24.3 Å². The molecule has 5 heteroatoms. The predicted molar refractivity (Wildman–Crippen MR) is 83.6 cm³/mol. The Kier molecular flexibility index (Phi) is 3.26. The van der Waals surface area contributed by atoms with Gasteiger partial charge in [-0.2, -0.15) is 0 Å². The van der Waals surface area contributed by atoms with Gasteiger partial charge in [-0.1, -0.05) is 28.1 Å². The van der Waals surface area contributed by atoms with E-state index >= 15 is 0 Å². The summed E-state index contributed by atoms with van der Waals surface area (Å²) in [4.78, 5) is 4.93. The molecule has 3 rings (SSSR count). The molecule has 20 heavy (non-hydrogen) atoms. The van der Waals surface area contributed by atoms with Gasteiger partial charge in [-0.15, -0.1) is 0 Å². The monoisotopic (exact) mass is 349 g/mol. The van der Waals surface area contributed by atoms with Gasteiger partial charge in [0.25, 0.3) is 0 Å². The third kappa shape index (κ3) is 2.55. The molecule has 0 saturated heterocycles. The number of aliphatic imine (C=N–C) groups is 1. The summed E-state index contributed by atoms with van der Waals surface area (Å²) in [6.07, 6.45) is 1.89. The van der Waals surface area contributed by atoms with Gasteiger partial charge in [0, 0.05) is 17.1 Å². The topological polar surface area (TPSA) is 46.5 Å². The van der Waals surface area contributed by atoms with Crippen molar-refractivity contribution >= 4 is 37.2 Å². The van der Waals surface area contributed by atoms with Crippen LogP contribution in [-0.4, -0.2) is 20.4 Å².